The van der Waals surface area contributed by atoms with Gasteiger partial charge < -0.3 is 14.2 Å². The Morgan fingerprint density at radius 3 is 2.86 bits per heavy atom. The van der Waals surface area contributed by atoms with Crippen LogP contribution in [0.3, 0.4) is 0 Å². The van der Waals surface area contributed by atoms with Gasteiger partial charge in [0.2, 0.25) is 5.91 Å². The van der Waals surface area contributed by atoms with E-state index < -0.39 is 0 Å². The van der Waals surface area contributed by atoms with Gasteiger partial charge in [-0.15, -0.1) is 0 Å². The van der Waals surface area contributed by atoms with Crippen LogP contribution in [0.15, 0.2) is 36.8 Å². The number of nitrogens with zero attached hydrogens (tertiary/aromatic N) is 3. The van der Waals surface area contributed by atoms with Crippen LogP contribution in [0, 0.1) is 0 Å². The lowest BCUT2D eigenvalue weighted by molar-refractivity contribution is -0.131. The number of rotatable bonds is 4. The second-order valence-electron chi connectivity index (χ2n) is 5.50. The van der Waals surface area contributed by atoms with E-state index in [-0.39, 0.29) is 5.91 Å². The molecule has 0 spiro atoms. The van der Waals surface area contributed by atoms with E-state index in [1.807, 2.05) is 48.6 Å². The molecule has 0 saturated carbocycles. The third kappa shape index (κ3) is 3.30. The number of hydrogen-bond acceptors (Lipinski definition) is 3. The highest BCUT2D eigenvalue weighted by molar-refractivity contribution is 5.78. The minimum atomic E-state index is 0.166. The molecule has 1 aromatic heterocycles. The SMILES string of the molecule is CCOc1ccc(CC(=O)N2CCCn3cncc3C2)cc1. The Labute approximate surface area is 130 Å². The predicted molar refractivity (Wildman–Crippen MR) is 83.6 cm³/mol. The monoisotopic (exact) mass is 299 g/mol. The summed E-state index contributed by atoms with van der Waals surface area (Å²) in [6.07, 6.45) is 5.09. The van der Waals surface area contributed by atoms with Crippen LogP contribution in [0.1, 0.15) is 24.6 Å². The molecule has 1 aliphatic heterocycles. The van der Waals surface area contributed by atoms with E-state index >= 15 is 0 Å². The largest absolute Gasteiger partial charge is 0.494 e. The Hall–Kier alpha value is -2.30. The zero-order chi connectivity index (χ0) is 15.4. The number of amides is 1. The quantitative estimate of drug-likeness (QED) is 0.870. The van der Waals surface area contributed by atoms with Gasteiger partial charge in [-0.05, 0) is 31.0 Å². The van der Waals surface area contributed by atoms with Crippen molar-refractivity contribution in [2.45, 2.75) is 32.9 Å². The van der Waals surface area contributed by atoms with Gasteiger partial charge in [0.25, 0.3) is 0 Å². The summed E-state index contributed by atoms with van der Waals surface area (Å²) in [5, 5.41) is 0. The molecular weight excluding hydrogens is 278 g/mol. The van der Waals surface area contributed by atoms with Gasteiger partial charge in [0, 0.05) is 19.3 Å². The summed E-state index contributed by atoms with van der Waals surface area (Å²) >= 11 is 0. The van der Waals surface area contributed by atoms with E-state index in [1.165, 1.54) is 0 Å². The fourth-order valence-electron chi connectivity index (χ4n) is 2.76. The first-order chi connectivity index (χ1) is 10.8. The van der Waals surface area contributed by atoms with E-state index in [4.69, 9.17) is 4.74 Å². The van der Waals surface area contributed by atoms with E-state index in [9.17, 15) is 4.79 Å². The van der Waals surface area contributed by atoms with Gasteiger partial charge in [0.1, 0.15) is 5.75 Å². The highest BCUT2D eigenvalue weighted by Crippen LogP contribution is 2.16. The first kappa shape index (κ1) is 14.6. The van der Waals surface area contributed by atoms with Crippen LogP contribution in [0.5, 0.6) is 5.75 Å². The molecule has 0 saturated heterocycles. The summed E-state index contributed by atoms with van der Waals surface area (Å²) in [5.41, 5.74) is 2.13. The molecule has 1 aliphatic rings. The van der Waals surface area contributed by atoms with Crippen molar-refractivity contribution in [1.82, 2.24) is 14.5 Å². The first-order valence-corrected chi connectivity index (χ1v) is 7.75. The molecule has 0 bridgehead atoms. The number of imidazole rings is 1. The Kier molecular flexibility index (Phi) is 4.42. The number of carbonyl (C=O) groups is 1. The fraction of sp³-hybridized carbons (Fsp3) is 0.412. The molecule has 3 rings (SSSR count). The molecule has 0 atom stereocenters. The summed E-state index contributed by atoms with van der Waals surface area (Å²) in [5.74, 6) is 1.01. The second kappa shape index (κ2) is 6.64. The van der Waals surface area contributed by atoms with Crippen LogP contribution in [0.25, 0.3) is 0 Å². The van der Waals surface area contributed by atoms with Gasteiger partial charge in [-0.1, -0.05) is 12.1 Å². The lowest BCUT2D eigenvalue weighted by atomic mass is 10.1. The molecule has 0 fully saturated rings. The number of benzene rings is 1. The van der Waals surface area contributed by atoms with Crippen molar-refractivity contribution in [2.24, 2.45) is 0 Å². The van der Waals surface area contributed by atoms with Crippen molar-refractivity contribution in [3.05, 3.63) is 48.0 Å². The van der Waals surface area contributed by atoms with Gasteiger partial charge in [0.15, 0.2) is 0 Å². The third-order valence-electron chi connectivity index (χ3n) is 3.92. The molecule has 5 nitrogen and oxygen atoms in total. The normalized spacial score (nSPS) is 14.3. The summed E-state index contributed by atoms with van der Waals surface area (Å²) in [7, 11) is 0. The number of ether oxygens (including phenoxy) is 1. The summed E-state index contributed by atoms with van der Waals surface area (Å²) in [6.45, 7) is 5.00. The molecule has 1 aromatic carbocycles. The summed E-state index contributed by atoms with van der Waals surface area (Å²) in [4.78, 5) is 18.6. The Balaban J connectivity index is 1.64. The molecule has 1 amide bonds. The van der Waals surface area contributed by atoms with Crippen LogP contribution >= 0.6 is 0 Å². The van der Waals surface area contributed by atoms with Crippen LogP contribution in [-0.2, 0) is 24.3 Å². The number of hydrogen-bond donors (Lipinski definition) is 0. The number of aromatic nitrogens is 2. The maximum absolute atomic E-state index is 12.5. The van der Waals surface area contributed by atoms with Crippen molar-refractivity contribution in [3.8, 4) is 5.75 Å². The van der Waals surface area contributed by atoms with Crippen molar-refractivity contribution in [2.75, 3.05) is 13.2 Å². The number of aryl methyl sites for hydroxylation is 1. The Bertz CT molecular complexity index is 634. The van der Waals surface area contributed by atoms with Gasteiger partial charge >= 0.3 is 0 Å². The van der Waals surface area contributed by atoms with Gasteiger partial charge in [-0.3, -0.25) is 4.79 Å². The van der Waals surface area contributed by atoms with Gasteiger partial charge in [0.05, 0.1) is 31.6 Å². The van der Waals surface area contributed by atoms with E-state index in [0.29, 0.717) is 19.6 Å². The molecule has 2 aromatic rings. The predicted octanol–water partition coefficient (Wildman–Crippen LogP) is 2.26. The zero-order valence-corrected chi connectivity index (χ0v) is 12.9. The average Bonchev–Trinajstić information content (AvgIpc) is 2.86. The third-order valence-corrected chi connectivity index (χ3v) is 3.92. The molecule has 5 heteroatoms. The smallest absolute Gasteiger partial charge is 0.227 e. The summed E-state index contributed by atoms with van der Waals surface area (Å²) < 4.78 is 7.55. The molecular formula is C17H21N3O2. The number of carbonyl (C=O) groups excluding carboxylic acids is 1. The topological polar surface area (TPSA) is 47.4 Å². The van der Waals surface area contributed by atoms with Crippen molar-refractivity contribution >= 4 is 5.91 Å². The van der Waals surface area contributed by atoms with Gasteiger partial charge in [-0.2, -0.15) is 0 Å². The van der Waals surface area contributed by atoms with E-state index in [0.717, 1.165) is 36.5 Å². The van der Waals surface area contributed by atoms with Crippen molar-refractivity contribution < 1.29 is 9.53 Å². The molecule has 0 unspecified atom stereocenters. The average molecular weight is 299 g/mol. The maximum atomic E-state index is 12.5. The molecule has 0 radical (unpaired) electrons. The lowest BCUT2D eigenvalue weighted by Crippen LogP contribution is -2.32. The highest BCUT2D eigenvalue weighted by Gasteiger charge is 2.19. The second-order valence-corrected chi connectivity index (χ2v) is 5.50. The van der Waals surface area contributed by atoms with Crippen LogP contribution in [-0.4, -0.2) is 33.5 Å². The number of fused-ring (bicyclic) bond motifs is 1. The zero-order valence-electron chi connectivity index (χ0n) is 12.9. The van der Waals surface area contributed by atoms with E-state index in [2.05, 4.69) is 9.55 Å². The molecule has 0 aliphatic carbocycles. The van der Waals surface area contributed by atoms with Crippen LogP contribution < -0.4 is 4.74 Å². The molecule has 22 heavy (non-hydrogen) atoms. The Morgan fingerprint density at radius 1 is 1.27 bits per heavy atom. The minimum absolute atomic E-state index is 0.166. The van der Waals surface area contributed by atoms with Crippen LogP contribution in [0.2, 0.25) is 0 Å². The fourth-order valence-corrected chi connectivity index (χ4v) is 2.76. The minimum Gasteiger partial charge on any atom is -0.494 e. The first-order valence-electron chi connectivity index (χ1n) is 7.75. The van der Waals surface area contributed by atoms with Crippen molar-refractivity contribution in [3.63, 3.8) is 0 Å². The molecule has 0 N–H and O–H groups in total. The molecule has 116 valence electrons. The standard InChI is InChI=1S/C17H21N3O2/c1-2-22-16-6-4-14(5-7-16)10-17(21)19-8-3-9-20-13-18-11-15(20)12-19/h4-7,11,13H,2-3,8-10,12H2,1H3. The van der Waals surface area contributed by atoms with Crippen LogP contribution in [0.4, 0.5) is 0 Å². The van der Waals surface area contributed by atoms with Gasteiger partial charge in [-0.25, -0.2) is 4.98 Å². The molecule has 2 heterocycles. The highest BCUT2D eigenvalue weighted by atomic mass is 16.5. The Morgan fingerprint density at radius 2 is 2.09 bits per heavy atom. The van der Waals surface area contributed by atoms with E-state index in [1.54, 1.807) is 0 Å². The van der Waals surface area contributed by atoms with Crippen molar-refractivity contribution in [1.29, 1.82) is 0 Å². The maximum Gasteiger partial charge on any atom is 0.227 e. The summed E-state index contributed by atoms with van der Waals surface area (Å²) in [6, 6.07) is 7.77. The lowest BCUT2D eigenvalue weighted by Gasteiger charge is -2.20.